The summed E-state index contributed by atoms with van der Waals surface area (Å²) < 4.78 is 0. The topological polar surface area (TPSA) is 44.6 Å². The average molecular weight is 299 g/mol. The number of hydrogen-bond acceptors (Lipinski definition) is 2. The summed E-state index contributed by atoms with van der Waals surface area (Å²) in [6.45, 7) is 10.0. The Labute approximate surface area is 132 Å². The van der Waals surface area contributed by atoms with E-state index in [4.69, 9.17) is 9.90 Å². The lowest BCUT2D eigenvalue weighted by atomic mass is 10.1. The Hall–Kier alpha value is -0.570. The number of hydrogen-bond donors (Lipinski definition) is 1. The number of carbonyl (C=O) groups excluding carboxylic acids is 1. The van der Waals surface area contributed by atoms with E-state index in [0.717, 1.165) is 12.8 Å². The van der Waals surface area contributed by atoms with Crippen LogP contribution in [0.1, 0.15) is 85.0 Å². The third-order valence-corrected chi connectivity index (χ3v) is 4.26. The number of unbranched alkanes of at least 4 members (excludes halogenated alkanes) is 8. The Morgan fingerprint density at radius 3 is 1.95 bits per heavy atom. The fraction of sp³-hybridized carbons (Fsp3) is 0.944. The summed E-state index contributed by atoms with van der Waals surface area (Å²) in [6, 6.07) is 0. The van der Waals surface area contributed by atoms with E-state index in [1.807, 2.05) is 4.90 Å². The van der Waals surface area contributed by atoms with Crippen LogP contribution in [0.25, 0.3) is 0 Å². The number of nitrogens with one attached hydrogen (secondary N) is 1. The number of likely N-dealkylation sites (tertiary alicyclic amines) is 1. The van der Waals surface area contributed by atoms with E-state index in [1.165, 1.54) is 83.8 Å². The highest BCUT2D eigenvalue weighted by Gasteiger charge is 2.21. The molecule has 0 bridgehead atoms. The summed E-state index contributed by atoms with van der Waals surface area (Å²) in [4.78, 5) is 10.8. The number of quaternary nitrogens is 1. The van der Waals surface area contributed by atoms with Gasteiger partial charge in [-0.15, -0.1) is 0 Å². The monoisotopic (exact) mass is 299 g/mol. The first-order valence-electron chi connectivity index (χ1n) is 9.07. The van der Waals surface area contributed by atoms with Crippen molar-refractivity contribution in [3.05, 3.63) is 0 Å². The fourth-order valence-electron chi connectivity index (χ4n) is 3.06. The van der Waals surface area contributed by atoms with Gasteiger partial charge in [-0.3, -0.25) is 0 Å². The molecule has 1 fully saturated rings. The van der Waals surface area contributed by atoms with Crippen LogP contribution in [0.5, 0.6) is 0 Å². The number of carboxylic acid groups (broad SMARTS) is 1. The summed E-state index contributed by atoms with van der Waals surface area (Å²) in [6.07, 6.45) is 14.6. The van der Waals surface area contributed by atoms with Crippen LogP contribution in [-0.2, 0) is 4.79 Å². The zero-order chi connectivity index (χ0) is 15.9. The third-order valence-electron chi connectivity index (χ3n) is 4.26. The minimum absolute atomic E-state index is 0.972. The highest BCUT2D eigenvalue weighted by atomic mass is 16.4. The second-order valence-corrected chi connectivity index (χ2v) is 6.67. The highest BCUT2D eigenvalue weighted by Crippen LogP contribution is 2.09. The van der Waals surface area contributed by atoms with Crippen molar-refractivity contribution in [1.82, 2.24) is 0 Å². The number of carboxylic acids is 1. The van der Waals surface area contributed by atoms with Crippen molar-refractivity contribution in [1.29, 1.82) is 0 Å². The molecule has 1 N–H and O–H groups in total. The first kappa shape index (κ1) is 20.4. The summed E-state index contributed by atoms with van der Waals surface area (Å²) in [5.41, 5.74) is 0. The smallest absolute Gasteiger partial charge is 0.0799 e. The Bertz CT molecular complexity index is 239. The van der Waals surface area contributed by atoms with Crippen molar-refractivity contribution < 1.29 is 14.8 Å². The molecule has 3 heteroatoms. The molecule has 0 aromatic carbocycles. The largest absolute Gasteiger partial charge is 0.550 e. The van der Waals surface area contributed by atoms with Gasteiger partial charge in [-0.05, 0) is 19.8 Å². The normalized spacial score (nSPS) is 20.9. The maximum Gasteiger partial charge on any atom is 0.0799 e. The molecule has 2 unspecified atom stereocenters. The van der Waals surface area contributed by atoms with E-state index in [-0.39, 0.29) is 0 Å². The zero-order valence-corrected chi connectivity index (χ0v) is 14.6. The van der Waals surface area contributed by atoms with Gasteiger partial charge < -0.3 is 14.8 Å². The van der Waals surface area contributed by atoms with E-state index in [1.54, 1.807) is 0 Å². The number of aliphatic carboxylic acids is 1. The molecule has 3 nitrogen and oxygen atoms in total. The molecule has 0 amide bonds. The van der Waals surface area contributed by atoms with Gasteiger partial charge in [0.15, 0.2) is 0 Å². The van der Waals surface area contributed by atoms with Gasteiger partial charge >= 0.3 is 0 Å². The Morgan fingerprint density at radius 1 is 1.05 bits per heavy atom. The second-order valence-electron chi connectivity index (χ2n) is 6.67. The molecule has 0 radical (unpaired) electrons. The molecule has 0 aliphatic carbocycles. The van der Waals surface area contributed by atoms with Crippen LogP contribution in [0, 0.1) is 5.92 Å². The molecule has 21 heavy (non-hydrogen) atoms. The van der Waals surface area contributed by atoms with Gasteiger partial charge in [0.1, 0.15) is 0 Å². The quantitative estimate of drug-likeness (QED) is 0.629. The maximum absolute atomic E-state index is 8.89. The standard InChI is InChI=1S/C16H33N.C2H4O2/c1-3-4-5-6-7-8-9-10-11-13-17-14-12-16(2)15-17;1-2(3)4/h16H,3-15H2,1-2H3;1H3,(H,3,4). The van der Waals surface area contributed by atoms with E-state index in [9.17, 15) is 0 Å². The maximum atomic E-state index is 8.89. The Kier molecular flexibility index (Phi) is 14.0. The van der Waals surface area contributed by atoms with Gasteiger partial charge in [-0.2, -0.15) is 0 Å². The lowest BCUT2D eigenvalue weighted by molar-refractivity contribution is -0.889. The molecule has 1 aliphatic heterocycles. The molecule has 1 rings (SSSR count). The van der Waals surface area contributed by atoms with Gasteiger partial charge in [-0.1, -0.05) is 58.8 Å². The Morgan fingerprint density at radius 2 is 1.52 bits per heavy atom. The molecule has 0 aromatic heterocycles. The fourth-order valence-corrected chi connectivity index (χ4v) is 3.06. The lowest BCUT2D eigenvalue weighted by Crippen LogP contribution is -3.10. The minimum Gasteiger partial charge on any atom is -0.550 e. The summed E-state index contributed by atoms with van der Waals surface area (Å²) in [7, 11) is 0. The molecule has 1 saturated heterocycles. The predicted octanol–water partition coefficient (Wildman–Crippen LogP) is 2.20. The predicted molar refractivity (Wildman–Crippen MR) is 87.3 cm³/mol. The van der Waals surface area contributed by atoms with Gasteiger partial charge in [0, 0.05) is 18.3 Å². The van der Waals surface area contributed by atoms with Crippen molar-refractivity contribution >= 4 is 5.97 Å². The van der Waals surface area contributed by atoms with Crippen molar-refractivity contribution in [3.63, 3.8) is 0 Å². The van der Waals surface area contributed by atoms with Gasteiger partial charge in [0.2, 0.25) is 0 Å². The molecule has 2 atom stereocenters. The molecule has 0 spiro atoms. The third kappa shape index (κ3) is 15.6. The first-order chi connectivity index (χ1) is 10.1. The lowest BCUT2D eigenvalue weighted by Gasteiger charge is -2.12. The average Bonchev–Trinajstić information content (AvgIpc) is 2.82. The van der Waals surface area contributed by atoms with Crippen LogP contribution in [0.15, 0.2) is 0 Å². The first-order valence-corrected chi connectivity index (χ1v) is 9.07. The zero-order valence-electron chi connectivity index (χ0n) is 14.6. The van der Waals surface area contributed by atoms with Crippen LogP contribution < -0.4 is 10.0 Å². The summed E-state index contributed by atoms with van der Waals surface area (Å²) in [5, 5.41) is 8.89. The SMILES string of the molecule is CC(=O)[O-].CCCCCCCCCCC[NH+]1CCC(C)C1. The second kappa shape index (κ2) is 14.4. The molecule has 1 aliphatic rings. The van der Waals surface area contributed by atoms with Gasteiger partial charge in [-0.25, -0.2) is 0 Å². The molecular formula is C18H37NO2. The van der Waals surface area contributed by atoms with Crippen molar-refractivity contribution in [2.24, 2.45) is 5.92 Å². The van der Waals surface area contributed by atoms with Crippen LogP contribution >= 0.6 is 0 Å². The molecule has 0 saturated carbocycles. The number of carbonyl (C=O) groups is 1. The highest BCUT2D eigenvalue weighted by molar-refractivity contribution is 5.60. The molecule has 126 valence electrons. The van der Waals surface area contributed by atoms with Gasteiger partial charge in [0.05, 0.1) is 19.6 Å². The Balaban J connectivity index is 0.000000885. The number of rotatable bonds is 10. The van der Waals surface area contributed by atoms with E-state index >= 15 is 0 Å². The van der Waals surface area contributed by atoms with E-state index < -0.39 is 5.97 Å². The van der Waals surface area contributed by atoms with E-state index in [0.29, 0.717) is 0 Å². The van der Waals surface area contributed by atoms with Crippen molar-refractivity contribution in [3.8, 4) is 0 Å². The van der Waals surface area contributed by atoms with Crippen molar-refractivity contribution in [2.75, 3.05) is 19.6 Å². The van der Waals surface area contributed by atoms with Gasteiger partial charge in [0.25, 0.3) is 0 Å². The van der Waals surface area contributed by atoms with Crippen LogP contribution in [-0.4, -0.2) is 25.6 Å². The summed E-state index contributed by atoms with van der Waals surface area (Å²) >= 11 is 0. The van der Waals surface area contributed by atoms with Crippen LogP contribution in [0.2, 0.25) is 0 Å². The molecule has 0 aromatic rings. The minimum atomic E-state index is -1.08. The van der Waals surface area contributed by atoms with E-state index in [2.05, 4.69) is 13.8 Å². The molecule has 1 heterocycles. The van der Waals surface area contributed by atoms with Crippen molar-refractivity contribution in [2.45, 2.75) is 85.0 Å². The molecular weight excluding hydrogens is 262 g/mol. The van der Waals surface area contributed by atoms with Crippen LogP contribution in [0.3, 0.4) is 0 Å². The van der Waals surface area contributed by atoms with Crippen LogP contribution in [0.4, 0.5) is 0 Å². The summed E-state index contributed by atoms with van der Waals surface area (Å²) in [5.74, 6) is -0.0939.